The standard InChI is InChI=1S/C21H29N3O/c1-16(2)24-21(25)23-15-8-4-7-14-22-17(3)19-13-9-11-18-10-5-6-12-20(18)19/h4-7,9-13,16-17,22H,8,14-15H2,1-3H3,(H2,23,24,25)/b7-4+/t17-/m1/s1. The van der Waals surface area contributed by atoms with Gasteiger partial charge in [-0.1, -0.05) is 54.6 Å². The zero-order valence-electron chi connectivity index (χ0n) is 15.4. The zero-order chi connectivity index (χ0) is 18.1. The van der Waals surface area contributed by atoms with E-state index in [1.54, 1.807) is 0 Å². The molecule has 4 nitrogen and oxygen atoms in total. The fraction of sp³-hybridized carbons (Fsp3) is 0.381. The van der Waals surface area contributed by atoms with Crippen molar-refractivity contribution in [2.75, 3.05) is 13.1 Å². The summed E-state index contributed by atoms with van der Waals surface area (Å²) in [6.45, 7) is 7.54. The van der Waals surface area contributed by atoms with Crippen LogP contribution >= 0.6 is 0 Å². The van der Waals surface area contributed by atoms with E-state index < -0.39 is 0 Å². The van der Waals surface area contributed by atoms with E-state index >= 15 is 0 Å². The summed E-state index contributed by atoms with van der Waals surface area (Å²) in [5.74, 6) is 0. The highest BCUT2D eigenvalue weighted by atomic mass is 16.2. The lowest BCUT2D eigenvalue weighted by atomic mass is 10.00. The lowest BCUT2D eigenvalue weighted by molar-refractivity contribution is 0.239. The van der Waals surface area contributed by atoms with Crippen LogP contribution in [-0.2, 0) is 0 Å². The summed E-state index contributed by atoms with van der Waals surface area (Å²) in [7, 11) is 0. The number of carbonyl (C=O) groups excluding carboxylic acids is 1. The van der Waals surface area contributed by atoms with Crippen molar-refractivity contribution in [3.8, 4) is 0 Å². The maximum atomic E-state index is 11.4. The normalized spacial score (nSPS) is 12.6. The summed E-state index contributed by atoms with van der Waals surface area (Å²) in [6, 6.07) is 15.3. The summed E-state index contributed by atoms with van der Waals surface area (Å²) in [5, 5.41) is 11.7. The quantitative estimate of drug-likeness (QED) is 0.500. The fourth-order valence-electron chi connectivity index (χ4n) is 2.77. The van der Waals surface area contributed by atoms with Gasteiger partial charge in [0.1, 0.15) is 0 Å². The fourth-order valence-corrected chi connectivity index (χ4v) is 2.77. The molecule has 2 aromatic carbocycles. The number of benzene rings is 2. The predicted octanol–water partition coefficient (Wildman–Crippen LogP) is 4.14. The lowest BCUT2D eigenvalue weighted by Gasteiger charge is -2.15. The maximum Gasteiger partial charge on any atom is 0.314 e. The molecule has 0 aromatic heterocycles. The highest BCUT2D eigenvalue weighted by molar-refractivity contribution is 5.86. The van der Waals surface area contributed by atoms with Gasteiger partial charge < -0.3 is 16.0 Å². The number of urea groups is 1. The first-order valence-corrected chi connectivity index (χ1v) is 8.98. The highest BCUT2D eigenvalue weighted by Crippen LogP contribution is 2.23. The Hall–Kier alpha value is -2.33. The number of nitrogens with one attached hydrogen (secondary N) is 3. The van der Waals surface area contributed by atoms with Gasteiger partial charge in [-0.25, -0.2) is 4.79 Å². The van der Waals surface area contributed by atoms with Gasteiger partial charge in [0.15, 0.2) is 0 Å². The molecule has 0 unspecified atom stereocenters. The predicted molar refractivity (Wildman–Crippen MR) is 106 cm³/mol. The van der Waals surface area contributed by atoms with Crippen LogP contribution < -0.4 is 16.0 Å². The molecule has 0 heterocycles. The Kier molecular flexibility index (Phi) is 7.48. The van der Waals surface area contributed by atoms with Gasteiger partial charge in [-0.3, -0.25) is 0 Å². The molecule has 4 heteroatoms. The van der Waals surface area contributed by atoms with Crippen LogP contribution in [-0.4, -0.2) is 25.2 Å². The SMILES string of the molecule is CC(C)NC(=O)NCC/C=C/CN[C@H](C)c1cccc2ccccc12. The molecule has 0 radical (unpaired) electrons. The van der Waals surface area contributed by atoms with E-state index in [2.05, 4.69) is 77.5 Å². The monoisotopic (exact) mass is 339 g/mol. The van der Waals surface area contributed by atoms with Crippen molar-refractivity contribution < 1.29 is 4.79 Å². The van der Waals surface area contributed by atoms with E-state index in [0.29, 0.717) is 6.54 Å². The van der Waals surface area contributed by atoms with Crippen LogP contribution in [0, 0.1) is 0 Å². The second-order valence-electron chi connectivity index (χ2n) is 6.51. The molecule has 3 N–H and O–H groups in total. The largest absolute Gasteiger partial charge is 0.338 e. The van der Waals surface area contributed by atoms with E-state index in [0.717, 1.165) is 13.0 Å². The first-order valence-electron chi connectivity index (χ1n) is 8.98. The zero-order valence-corrected chi connectivity index (χ0v) is 15.4. The Morgan fingerprint density at radius 1 is 1.04 bits per heavy atom. The minimum absolute atomic E-state index is 0.105. The van der Waals surface area contributed by atoms with E-state index in [1.807, 2.05) is 13.8 Å². The Morgan fingerprint density at radius 3 is 2.60 bits per heavy atom. The second-order valence-corrected chi connectivity index (χ2v) is 6.51. The van der Waals surface area contributed by atoms with Gasteiger partial charge in [-0.15, -0.1) is 0 Å². The average molecular weight is 339 g/mol. The third-order valence-corrected chi connectivity index (χ3v) is 4.01. The molecule has 0 aliphatic carbocycles. The lowest BCUT2D eigenvalue weighted by Crippen LogP contribution is -2.39. The van der Waals surface area contributed by atoms with Crippen LogP contribution in [0.3, 0.4) is 0 Å². The summed E-state index contributed by atoms with van der Waals surface area (Å²) < 4.78 is 0. The van der Waals surface area contributed by atoms with Crippen molar-refractivity contribution in [2.24, 2.45) is 0 Å². The minimum Gasteiger partial charge on any atom is -0.338 e. The molecule has 2 amide bonds. The molecular formula is C21H29N3O. The highest BCUT2D eigenvalue weighted by Gasteiger charge is 2.07. The first kappa shape index (κ1) is 19.0. The molecule has 134 valence electrons. The van der Waals surface area contributed by atoms with E-state index in [1.165, 1.54) is 16.3 Å². The summed E-state index contributed by atoms with van der Waals surface area (Å²) >= 11 is 0. The number of rotatable bonds is 8. The molecule has 2 aromatic rings. The van der Waals surface area contributed by atoms with Crippen molar-refractivity contribution in [1.82, 2.24) is 16.0 Å². The topological polar surface area (TPSA) is 53.2 Å². The first-order chi connectivity index (χ1) is 12.1. The van der Waals surface area contributed by atoms with Gasteiger partial charge in [-0.05, 0) is 43.5 Å². The van der Waals surface area contributed by atoms with Crippen LogP contribution in [0.1, 0.15) is 38.8 Å². The molecule has 0 fully saturated rings. The molecule has 0 saturated heterocycles. The number of hydrogen-bond donors (Lipinski definition) is 3. The summed E-state index contributed by atoms with van der Waals surface area (Å²) in [5.41, 5.74) is 1.32. The number of hydrogen-bond acceptors (Lipinski definition) is 2. The molecule has 0 aliphatic rings. The van der Waals surface area contributed by atoms with Crippen LogP contribution in [0.25, 0.3) is 10.8 Å². The molecular weight excluding hydrogens is 310 g/mol. The van der Waals surface area contributed by atoms with Gasteiger partial charge in [-0.2, -0.15) is 0 Å². The average Bonchev–Trinajstić information content (AvgIpc) is 2.59. The maximum absolute atomic E-state index is 11.4. The molecule has 25 heavy (non-hydrogen) atoms. The van der Waals surface area contributed by atoms with Gasteiger partial charge in [0.25, 0.3) is 0 Å². The van der Waals surface area contributed by atoms with Crippen LogP contribution in [0.15, 0.2) is 54.6 Å². The summed E-state index contributed by atoms with van der Waals surface area (Å²) in [4.78, 5) is 11.4. The van der Waals surface area contributed by atoms with Crippen LogP contribution in [0.2, 0.25) is 0 Å². The van der Waals surface area contributed by atoms with Gasteiger partial charge in [0.2, 0.25) is 0 Å². The number of carbonyl (C=O) groups is 1. The van der Waals surface area contributed by atoms with Crippen LogP contribution in [0.4, 0.5) is 4.79 Å². The molecule has 2 rings (SSSR count). The van der Waals surface area contributed by atoms with Crippen molar-refractivity contribution in [2.45, 2.75) is 39.3 Å². The van der Waals surface area contributed by atoms with Gasteiger partial charge in [0.05, 0.1) is 0 Å². The van der Waals surface area contributed by atoms with Crippen molar-refractivity contribution in [3.05, 3.63) is 60.2 Å². The molecule has 0 aliphatic heterocycles. The van der Waals surface area contributed by atoms with Crippen LogP contribution in [0.5, 0.6) is 0 Å². The minimum atomic E-state index is -0.105. The van der Waals surface area contributed by atoms with Crippen molar-refractivity contribution in [3.63, 3.8) is 0 Å². The van der Waals surface area contributed by atoms with E-state index in [4.69, 9.17) is 0 Å². The molecule has 0 spiro atoms. The third kappa shape index (κ3) is 6.24. The van der Waals surface area contributed by atoms with E-state index in [-0.39, 0.29) is 18.1 Å². The number of fused-ring (bicyclic) bond motifs is 1. The Labute approximate surface area is 150 Å². The molecule has 0 saturated carbocycles. The Balaban J connectivity index is 1.73. The van der Waals surface area contributed by atoms with Crippen molar-refractivity contribution >= 4 is 16.8 Å². The van der Waals surface area contributed by atoms with Gasteiger partial charge >= 0.3 is 6.03 Å². The molecule has 0 bridgehead atoms. The second kappa shape index (κ2) is 9.84. The smallest absolute Gasteiger partial charge is 0.314 e. The number of amides is 2. The Morgan fingerprint density at radius 2 is 1.80 bits per heavy atom. The van der Waals surface area contributed by atoms with E-state index in [9.17, 15) is 4.79 Å². The van der Waals surface area contributed by atoms with Gasteiger partial charge in [0, 0.05) is 25.2 Å². The third-order valence-electron chi connectivity index (χ3n) is 4.01. The van der Waals surface area contributed by atoms with Crippen molar-refractivity contribution in [1.29, 1.82) is 0 Å². The Bertz CT molecular complexity index is 704. The summed E-state index contributed by atoms with van der Waals surface area (Å²) in [6.07, 6.45) is 5.04. The molecule has 1 atom stereocenters.